The van der Waals surface area contributed by atoms with Gasteiger partial charge in [0.2, 0.25) is 0 Å². The van der Waals surface area contributed by atoms with Gasteiger partial charge in [-0.15, -0.1) is 22.7 Å². The van der Waals surface area contributed by atoms with Gasteiger partial charge < -0.3 is 37.6 Å². The Balaban J connectivity index is 0.000000141. The van der Waals surface area contributed by atoms with E-state index < -0.39 is 0 Å². The Kier molecular flexibility index (Phi) is 17.8. The lowest BCUT2D eigenvalue weighted by molar-refractivity contribution is 0.195. The molecule has 0 saturated heterocycles. The van der Waals surface area contributed by atoms with Crippen LogP contribution in [0.3, 0.4) is 0 Å². The summed E-state index contributed by atoms with van der Waals surface area (Å²) in [4.78, 5) is 11.1. The van der Waals surface area contributed by atoms with Crippen LogP contribution < -0.4 is 52.4 Å². The number of fused-ring (bicyclic) bond motifs is 30. The van der Waals surface area contributed by atoms with Gasteiger partial charge in [-0.3, -0.25) is 0 Å². The van der Waals surface area contributed by atoms with Crippen molar-refractivity contribution < 1.29 is 8.83 Å². The van der Waals surface area contributed by atoms with Crippen LogP contribution in [0.4, 0.5) is 56.9 Å². The molecule has 12 heteroatoms. The van der Waals surface area contributed by atoms with E-state index in [2.05, 4.69) is 436 Å². The summed E-state index contributed by atoms with van der Waals surface area (Å²) in [6.07, 6.45) is 9.53. The Morgan fingerprint density at radius 2 is 0.657 bits per heavy atom. The molecule has 2 saturated carbocycles. The molecule has 28 rings (SSSR count). The molecule has 696 valence electrons. The first kappa shape index (κ1) is 86.6. The number of thiophene rings is 2. The van der Waals surface area contributed by atoms with Gasteiger partial charge in [0, 0.05) is 125 Å². The van der Waals surface area contributed by atoms with E-state index in [0.29, 0.717) is 0 Å². The molecule has 8 nitrogen and oxygen atoms in total. The third-order valence-corrected chi connectivity index (χ3v) is 37.9. The van der Waals surface area contributed by atoms with Crippen LogP contribution in [0.25, 0.3) is 118 Å². The van der Waals surface area contributed by atoms with Crippen molar-refractivity contribution in [2.45, 2.75) is 258 Å². The zero-order valence-electron chi connectivity index (χ0n) is 85.4. The summed E-state index contributed by atoms with van der Waals surface area (Å²) < 4.78 is 24.7. The number of nitrogens with zero attached hydrogens (tertiary/aromatic N) is 6. The summed E-state index contributed by atoms with van der Waals surface area (Å²) in [5.74, 6) is 0. The van der Waals surface area contributed by atoms with E-state index in [-0.39, 0.29) is 67.8 Å². The van der Waals surface area contributed by atoms with E-state index >= 15 is 0 Å². The first-order chi connectivity index (χ1) is 66.7. The third-order valence-electron chi connectivity index (χ3n) is 35.5. The van der Waals surface area contributed by atoms with Gasteiger partial charge in [0.05, 0.1) is 38.2 Å². The Hall–Kier alpha value is -12.5. The fourth-order valence-corrected chi connectivity index (χ4v) is 29.9. The maximum absolute atomic E-state index is 7.10. The molecule has 14 aromatic carbocycles. The highest BCUT2D eigenvalue weighted by Gasteiger charge is 2.61. The van der Waals surface area contributed by atoms with Crippen LogP contribution in [-0.4, -0.2) is 33.6 Å². The molecule has 0 amide bonds. The van der Waals surface area contributed by atoms with Crippen LogP contribution in [0.15, 0.2) is 264 Å². The number of hydrogen-bond acceptors (Lipinski definition) is 8. The summed E-state index contributed by atoms with van der Waals surface area (Å²) in [7, 11) is 0. The number of benzene rings is 14. The fraction of sp³-hybridized carbons (Fsp3) is 0.312. The highest BCUT2D eigenvalue weighted by molar-refractivity contribution is 7.26. The lowest BCUT2D eigenvalue weighted by Gasteiger charge is -2.51. The molecule has 2 aliphatic carbocycles. The average Bonchev–Trinajstić information content (AvgIpc) is 1.47. The van der Waals surface area contributed by atoms with Crippen LogP contribution in [0.5, 0.6) is 0 Å². The van der Waals surface area contributed by atoms with Gasteiger partial charge >= 0.3 is 0 Å². The van der Waals surface area contributed by atoms with Gasteiger partial charge in [0.25, 0.3) is 13.4 Å². The lowest BCUT2D eigenvalue weighted by atomic mass is 9.33. The Labute approximate surface area is 832 Å². The molecule has 12 heterocycles. The topological polar surface area (TPSA) is 49.1 Å². The van der Waals surface area contributed by atoms with Crippen molar-refractivity contribution in [1.29, 1.82) is 0 Å². The van der Waals surface area contributed by atoms with Crippen LogP contribution in [0.1, 0.15) is 248 Å². The zero-order chi connectivity index (χ0) is 96.4. The molecule has 4 atom stereocenters. The minimum Gasteiger partial charge on any atom is -0.454 e. The molecular weight excluding hydrogens is 1740 g/mol. The fourth-order valence-electron chi connectivity index (χ4n) is 27.5. The maximum atomic E-state index is 7.10. The van der Waals surface area contributed by atoms with Crippen LogP contribution in [0, 0.1) is 0 Å². The molecule has 6 aromatic heterocycles. The molecule has 0 bridgehead atoms. The van der Waals surface area contributed by atoms with Crippen molar-refractivity contribution >= 4 is 232 Å². The number of anilines is 10. The van der Waals surface area contributed by atoms with Crippen molar-refractivity contribution in [2.24, 2.45) is 0 Å². The molecule has 4 unspecified atom stereocenters. The standard InChI is InChI=1S/2C64H62BN3OS/c1-60(2,3)37-26-28-48-45(32-37)63(10)29-16-17-30-64(63,11)68(48)40-35-51-55-52(36-40)67-56-44(58-57(67)43-20-12-14-23-53(43)69-58)31-39(62(7,8)9)33-47(56)65(55)46-27-25-38(61(4,5)6)34-50(46)66(51)49-22-18-21-42-41-19-13-15-24-54(41)70-59(42)49;1-60(2,3)37-26-28-47-44(32-37)63(10)29-16-17-30-64(63,11)68(47)40-35-50-56-51(36-40)67-57-43(59-58(67)41-19-12-14-22-52(41)69-59)31-39(62(7,8)9)33-46(57)65(56)45-27-25-38(61(4,5)6)34-49(45)66(50)48-21-18-24-54-55(48)42-20-13-15-23-53(42)70-54/h2*12-15,18-28,31-36H,16-17,29-30H2,1-11H3. The predicted molar refractivity (Wildman–Crippen MR) is 603 cm³/mol. The van der Waals surface area contributed by atoms with Gasteiger partial charge in [-0.25, -0.2) is 0 Å². The average molecular weight is 1860 g/mol. The summed E-state index contributed by atoms with van der Waals surface area (Å²) in [6.45, 7) is 52.8. The van der Waals surface area contributed by atoms with Gasteiger partial charge in [0.1, 0.15) is 22.2 Å². The molecule has 6 aliphatic heterocycles. The third kappa shape index (κ3) is 11.7. The van der Waals surface area contributed by atoms with E-state index in [1.54, 1.807) is 0 Å². The number of furan rings is 2. The Morgan fingerprint density at radius 1 is 0.279 bits per heavy atom. The van der Waals surface area contributed by atoms with Crippen molar-refractivity contribution in [2.75, 3.05) is 19.6 Å². The van der Waals surface area contributed by atoms with Crippen molar-refractivity contribution in [1.82, 2.24) is 9.13 Å². The predicted octanol–water partition coefficient (Wildman–Crippen LogP) is 32.3. The number of rotatable bonds is 4. The van der Waals surface area contributed by atoms with E-state index in [0.717, 1.165) is 57.0 Å². The second-order valence-electron chi connectivity index (χ2n) is 49.8. The highest BCUT2D eigenvalue weighted by atomic mass is 32.1. The number of hydrogen-bond donors (Lipinski definition) is 0. The summed E-state index contributed by atoms with van der Waals surface area (Å²) >= 11 is 3.83. The van der Waals surface area contributed by atoms with Crippen LogP contribution >= 0.6 is 22.7 Å². The number of aromatic nitrogens is 2. The van der Waals surface area contributed by atoms with E-state index in [1.165, 1.54) is 246 Å². The van der Waals surface area contributed by atoms with E-state index in [4.69, 9.17) is 8.83 Å². The summed E-state index contributed by atoms with van der Waals surface area (Å²) in [6, 6.07) is 99.9. The van der Waals surface area contributed by atoms with Crippen molar-refractivity contribution in [3.63, 3.8) is 0 Å². The minimum absolute atomic E-state index is 0.0146. The maximum Gasteiger partial charge on any atom is 0.252 e. The minimum atomic E-state index is -0.150. The molecule has 0 N–H and O–H groups in total. The van der Waals surface area contributed by atoms with Crippen LogP contribution in [0.2, 0.25) is 0 Å². The van der Waals surface area contributed by atoms with Gasteiger partial charge in [-0.2, -0.15) is 0 Å². The van der Waals surface area contributed by atoms with E-state index in [1.807, 2.05) is 22.7 Å². The zero-order valence-corrected chi connectivity index (χ0v) is 87.0. The molecule has 20 aromatic rings. The molecule has 8 aliphatic rings. The molecule has 0 spiro atoms. The second kappa shape index (κ2) is 28.7. The number of para-hydroxylation sites is 2. The largest absolute Gasteiger partial charge is 0.454 e. The Morgan fingerprint density at radius 3 is 1.13 bits per heavy atom. The molecule has 0 radical (unpaired) electrons. The normalized spacial score (nSPS) is 19.7. The van der Waals surface area contributed by atoms with Crippen molar-refractivity contribution in [3.8, 4) is 11.4 Å². The molecule has 140 heavy (non-hydrogen) atoms. The van der Waals surface area contributed by atoms with Gasteiger partial charge in [0.15, 0.2) is 11.2 Å². The summed E-state index contributed by atoms with van der Waals surface area (Å²) in [5, 5.41) is 9.96. The van der Waals surface area contributed by atoms with E-state index in [9.17, 15) is 0 Å². The summed E-state index contributed by atoms with van der Waals surface area (Å²) in [5.41, 5.74) is 42.6. The quantitative estimate of drug-likeness (QED) is 0.164. The highest BCUT2D eigenvalue weighted by Crippen LogP contribution is 2.66. The first-order valence-corrected chi connectivity index (χ1v) is 53.3. The molecule has 2 fully saturated rings. The van der Waals surface area contributed by atoms with Crippen molar-refractivity contribution in [3.05, 3.63) is 299 Å². The van der Waals surface area contributed by atoms with Crippen LogP contribution in [-0.2, 0) is 43.3 Å². The van der Waals surface area contributed by atoms with Gasteiger partial charge in [-0.05, 0) is 265 Å². The molecular formula is C128H124B2N6O2S2. The first-order valence-electron chi connectivity index (χ1n) is 51.7. The lowest BCUT2D eigenvalue weighted by Crippen LogP contribution is -2.61. The SMILES string of the molecule is CC(C)(C)c1ccc2c(c1)N(c1cccc3c1sc1ccccc13)c1cc(N3c4ccc(C(C)(C)C)cc4C4(C)CCCCC34C)cc3c1B2c1cc(C(C)(C)C)cc2c4oc5ccccc5c4n-3c12.CC(C)(C)c1ccc2c(c1)N(c1cccc3sc4ccccc4c13)c1cc(N3c4ccc(C(C)(C)C)cc4C4(C)CCCCC34C)cc3c1B2c1cc(C(C)(C)C)cc2c4oc5ccccc5c4n-3c12. The monoisotopic (exact) mass is 1860 g/mol. The van der Waals surface area contributed by atoms with Gasteiger partial charge in [-0.1, -0.05) is 304 Å². The smallest absolute Gasteiger partial charge is 0.252 e. The Bertz CT molecular complexity index is 8850. The second-order valence-corrected chi connectivity index (χ2v) is 51.9.